The van der Waals surface area contributed by atoms with Crippen LogP contribution in [-0.2, 0) is 16.2 Å². The van der Waals surface area contributed by atoms with Gasteiger partial charge in [-0.05, 0) is 0 Å². The van der Waals surface area contributed by atoms with Gasteiger partial charge in [-0.25, -0.2) is 4.98 Å². The third-order valence-corrected chi connectivity index (χ3v) is 5.05. The number of rotatable bonds is 1. The maximum Gasteiger partial charge on any atom is 0.138 e. The summed E-state index contributed by atoms with van der Waals surface area (Å²) in [6.07, 6.45) is 0.0938. The molecule has 1 aromatic heterocycles. The van der Waals surface area contributed by atoms with Crippen molar-refractivity contribution in [2.24, 2.45) is 0 Å². The average molecular weight is 272 g/mol. The van der Waals surface area contributed by atoms with E-state index in [1.54, 1.807) is 0 Å². The molecule has 3 heterocycles. The minimum atomic E-state index is 0.0938. The molecule has 6 heteroatoms. The molecule has 1 unspecified atom stereocenters. The average Bonchev–Trinajstić information content (AvgIpc) is 2.79. The lowest BCUT2D eigenvalue weighted by molar-refractivity contribution is 0.0692. The van der Waals surface area contributed by atoms with E-state index in [4.69, 9.17) is 17.0 Å². The molecule has 1 fully saturated rings. The van der Waals surface area contributed by atoms with E-state index in [0.29, 0.717) is 0 Å². The molecule has 1 N–H and O–H groups in total. The number of aromatic amines is 1. The van der Waals surface area contributed by atoms with Gasteiger partial charge in [0.15, 0.2) is 0 Å². The van der Waals surface area contributed by atoms with Crippen LogP contribution in [0, 0.1) is 4.64 Å². The Hall–Kier alpha value is -0.0400. The summed E-state index contributed by atoms with van der Waals surface area (Å²) < 4.78 is 6.47. The first kappa shape index (κ1) is 11.1. The maximum absolute atomic E-state index is 5.71. The number of ether oxygens (including phenoxy) is 1. The Morgan fingerprint density at radius 1 is 1.38 bits per heavy atom. The second-order valence-corrected chi connectivity index (χ2v) is 6.33. The van der Waals surface area contributed by atoms with Crippen molar-refractivity contribution in [2.45, 2.75) is 17.6 Å². The number of nitrogens with one attached hydrogen (secondary N) is 1. The van der Waals surface area contributed by atoms with Crippen molar-refractivity contribution in [3.8, 4) is 0 Å². The lowest BCUT2D eigenvalue weighted by Gasteiger charge is -2.21. The molecule has 3 rings (SSSR count). The summed E-state index contributed by atoms with van der Waals surface area (Å²) in [5, 5.41) is 0. The van der Waals surface area contributed by atoms with Crippen molar-refractivity contribution in [2.75, 3.05) is 18.1 Å². The zero-order chi connectivity index (χ0) is 11.0. The Morgan fingerprint density at radius 2 is 2.31 bits per heavy atom. The monoisotopic (exact) mass is 272 g/mol. The molecule has 0 aliphatic carbocycles. The lowest BCUT2D eigenvalue weighted by atomic mass is 10.2. The number of aromatic nitrogens is 2. The van der Waals surface area contributed by atoms with Gasteiger partial charge in [-0.15, -0.1) is 0 Å². The number of hydrogen-bond acceptors (Lipinski definition) is 5. The molecule has 1 saturated heterocycles. The second kappa shape index (κ2) is 4.68. The van der Waals surface area contributed by atoms with Crippen molar-refractivity contribution >= 4 is 35.7 Å². The van der Waals surface area contributed by atoms with Gasteiger partial charge in [-0.2, -0.15) is 23.5 Å². The Balaban J connectivity index is 1.96. The second-order valence-electron chi connectivity index (χ2n) is 3.81. The van der Waals surface area contributed by atoms with Crippen LogP contribution in [-0.4, -0.2) is 28.1 Å². The maximum atomic E-state index is 5.71. The summed E-state index contributed by atoms with van der Waals surface area (Å²) in [7, 11) is 0. The van der Waals surface area contributed by atoms with E-state index in [2.05, 4.69) is 9.97 Å². The van der Waals surface area contributed by atoms with Crippen LogP contribution in [0.4, 0.5) is 0 Å². The zero-order valence-electron chi connectivity index (χ0n) is 8.69. The number of thioether (sulfide) groups is 2. The molecule has 0 amide bonds. The molecule has 1 atom stereocenters. The van der Waals surface area contributed by atoms with E-state index in [0.717, 1.165) is 40.1 Å². The largest absolute Gasteiger partial charge is 0.369 e. The van der Waals surface area contributed by atoms with Crippen LogP contribution >= 0.6 is 35.7 Å². The summed E-state index contributed by atoms with van der Waals surface area (Å²) in [4.78, 5) is 7.87. The fraction of sp³-hybridized carbons (Fsp3) is 0.600. The van der Waals surface area contributed by atoms with Crippen LogP contribution in [0.25, 0.3) is 0 Å². The smallest absolute Gasteiger partial charge is 0.138 e. The summed E-state index contributed by atoms with van der Waals surface area (Å²) in [5.74, 6) is 4.99. The highest BCUT2D eigenvalue weighted by Crippen LogP contribution is 2.31. The van der Waals surface area contributed by atoms with Crippen LogP contribution in [0.3, 0.4) is 0 Å². The molecule has 2 aliphatic rings. The van der Waals surface area contributed by atoms with Crippen molar-refractivity contribution in [3.63, 3.8) is 0 Å². The van der Waals surface area contributed by atoms with E-state index in [1.807, 2.05) is 23.5 Å². The van der Waals surface area contributed by atoms with Crippen LogP contribution in [0.2, 0.25) is 0 Å². The topological polar surface area (TPSA) is 37.9 Å². The standard InChI is InChI=1S/C10H12N2OS3/c14-10-6-3-16-4-7(6)11-9(12-10)8-5-15-2-1-13-8/h8H,1-5H2,(H,11,12,14). The van der Waals surface area contributed by atoms with Crippen molar-refractivity contribution in [1.29, 1.82) is 0 Å². The number of hydrogen-bond donors (Lipinski definition) is 1. The number of nitrogens with zero attached hydrogens (tertiary/aromatic N) is 1. The molecule has 0 radical (unpaired) electrons. The van der Waals surface area contributed by atoms with Crippen LogP contribution in [0.5, 0.6) is 0 Å². The molecule has 2 aliphatic heterocycles. The molecule has 0 saturated carbocycles. The Bertz CT molecular complexity index is 454. The third-order valence-electron chi connectivity index (χ3n) is 2.74. The highest BCUT2D eigenvalue weighted by atomic mass is 32.2. The predicted molar refractivity (Wildman–Crippen MR) is 70.4 cm³/mol. The molecule has 0 spiro atoms. The van der Waals surface area contributed by atoms with Gasteiger partial charge >= 0.3 is 0 Å². The highest BCUT2D eigenvalue weighted by Gasteiger charge is 2.22. The summed E-state index contributed by atoms with van der Waals surface area (Å²) in [6, 6.07) is 0. The summed E-state index contributed by atoms with van der Waals surface area (Å²) >= 11 is 9.13. The van der Waals surface area contributed by atoms with Crippen LogP contribution < -0.4 is 0 Å². The van der Waals surface area contributed by atoms with Gasteiger partial charge in [0.05, 0.1) is 6.61 Å². The molecular weight excluding hydrogens is 260 g/mol. The highest BCUT2D eigenvalue weighted by molar-refractivity contribution is 7.99. The molecule has 16 heavy (non-hydrogen) atoms. The Kier molecular flexibility index (Phi) is 3.24. The first-order valence-electron chi connectivity index (χ1n) is 5.23. The van der Waals surface area contributed by atoms with E-state index < -0.39 is 0 Å². The van der Waals surface area contributed by atoms with Gasteiger partial charge < -0.3 is 9.72 Å². The van der Waals surface area contributed by atoms with Gasteiger partial charge in [-0.1, -0.05) is 12.2 Å². The van der Waals surface area contributed by atoms with Gasteiger partial charge in [0, 0.05) is 34.3 Å². The Morgan fingerprint density at radius 3 is 3.12 bits per heavy atom. The zero-order valence-corrected chi connectivity index (χ0v) is 11.1. The summed E-state index contributed by atoms with van der Waals surface area (Å²) in [6.45, 7) is 0.809. The molecular formula is C10H12N2OS3. The van der Waals surface area contributed by atoms with Crippen LogP contribution in [0.15, 0.2) is 0 Å². The molecule has 86 valence electrons. The van der Waals surface area contributed by atoms with Crippen LogP contribution in [0.1, 0.15) is 23.2 Å². The minimum absolute atomic E-state index is 0.0938. The predicted octanol–water partition coefficient (Wildman–Crippen LogP) is 2.69. The SMILES string of the molecule is S=c1nc(C2CSCCO2)[nH]c2c1CSC2. The van der Waals surface area contributed by atoms with Gasteiger partial charge in [0.2, 0.25) is 0 Å². The first-order valence-corrected chi connectivity index (χ1v) is 7.95. The minimum Gasteiger partial charge on any atom is -0.369 e. The van der Waals surface area contributed by atoms with Gasteiger partial charge in [-0.3, -0.25) is 0 Å². The van der Waals surface area contributed by atoms with Crippen molar-refractivity contribution < 1.29 is 4.74 Å². The first-order chi connectivity index (χ1) is 7.84. The fourth-order valence-corrected chi connectivity index (χ4v) is 4.19. The Labute approximate surface area is 108 Å². The van der Waals surface area contributed by atoms with E-state index in [1.165, 1.54) is 11.3 Å². The lowest BCUT2D eigenvalue weighted by Crippen LogP contribution is -2.19. The summed E-state index contributed by atoms with van der Waals surface area (Å²) in [5.41, 5.74) is 2.46. The molecule has 1 aromatic rings. The fourth-order valence-electron chi connectivity index (χ4n) is 1.89. The number of fused-ring (bicyclic) bond motifs is 1. The quantitative estimate of drug-likeness (QED) is 0.796. The van der Waals surface area contributed by atoms with Gasteiger partial charge in [0.25, 0.3) is 0 Å². The van der Waals surface area contributed by atoms with Crippen molar-refractivity contribution in [1.82, 2.24) is 9.97 Å². The molecule has 0 bridgehead atoms. The number of H-pyrrole nitrogens is 1. The molecule has 3 nitrogen and oxygen atoms in total. The van der Waals surface area contributed by atoms with Gasteiger partial charge in [0.1, 0.15) is 16.6 Å². The third kappa shape index (κ3) is 2.03. The van der Waals surface area contributed by atoms with E-state index in [-0.39, 0.29) is 6.10 Å². The molecule has 0 aromatic carbocycles. The van der Waals surface area contributed by atoms with E-state index >= 15 is 0 Å². The van der Waals surface area contributed by atoms with Crippen molar-refractivity contribution in [3.05, 3.63) is 21.7 Å². The normalized spacial score (nSPS) is 24.4. The van der Waals surface area contributed by atoms with E-state index in [9.17, 15) is 0 Å².